The fourth-order valence-corrected chi connectivity index (χ4v) is 0.499. The van der Waals surface area contributed by atoms with E-state index in [1.807, 2.05) is 6.92 Å². The maximum Gasteiger partial charge on any atom is 0.188 e. The van der Waals surface area contributed by atoms with Crippen molar-refractivity contribution < 1.29 is 8.78 Å². The Morgan fingerprint density at radius 1 is 1.62 bits per heavy atom. The van der Waals surface area contributed by atoms with Crippen LogP contribution in [0.5, 0.6) is 0 Å². The summed E-state index contributed by atoms with van der Waals surface area (Å²) in [5.74, 6) is 0. The predicted molar refractivity (Wildman–Crippen MR) is 28.8 cm³/mol. The first-order chi connectivity index (χ1) is 3.81. The smallest absolute Gasteiger partial charge is 0.188 e. The van der Waals surface area contributed by atoms with Crippen LogP contribution < -0.4 is 0 Å². The lowest BCUT2D eigenvalue weighted by atomic mass is 10.2. The molecule has 2 radical (unpaired) electrons. The van der Waals surface area contributed by atoms with E-state index in [-0.39, 0.29) is 6.42 Å². The van der Waals surface area contributed by atoms with Crippen molar-refractivity contribution in [3.63, 3.8) is 0 Å². The molecule has 0 spiro atoms. The van der Waals surface area contributed by atoms with Gasteiger partial charge in [0.25, 0.3) is 0 Å². The van der Waals surface area contributed by atoms with E-state index in [2.05, 4.69) is 0 Å². The highest BCUT2D eigenvalue weighted by Crippen LogP contribution is 2.07. The van der Waals surface area contributed by atoms with Crippen LogP contribution in [-0.2, 0) is 0 Å². The van der Waals surface area contributed by atoms with Crippen LogP contribution in [0.2, 0.25) is 0 Å². The second kappa shape index (κ2) is 5.01. The number of rotatable bonds is 4. The molecule has 0 bridgehead atoms. The Balaban J connectivity index is 2.92. The third-order valence-electron chi connectivity index (χ3n) is 0.901. The van der Waals surface area contributed by atoms with Gasteiger partial charge in [0, 0.05) is 6.42 Å². The fraction of sp³-hybridized carbons (Fsp3) is 0.833. The molecule has 0 saturated carbocycles. The van der Waals surface area contributed by atoms with Crippen LogP contribution in [0.25, 0.3) is 0 Å². The summed E-state index contributed by atoms with van der Waals surface area (Å²) in [5, 5.41) is 0. The molecule has 0 aromatic heterocycles. The van der Waals surface area contributed by atoms with E-state index in [1.54, 1.807) is 0 Å². The van der Waals surface area contributed by atoms with Crippen molar-refractivity contribution in [2.24, 2.45) is 0 Å². The molecule has 1 atom stereocenters. The second-order valence-corrected chi connectivity index (χ2v) is 1.72. The molecule has 0 rings (SSSR count). The first-order valence-electron chi connectivity index (χ1n) is 2.78. The zero-order valence-corrected chi connectivity index (χ0v) is 4.95. The van der Waals surface area contributed by atoms with Crippen LogP contribution in [-0.4, -0.2) is 6.17 Å². The Morgan fingerprint density at radius 3 is 2.62 bits per heavy atom. The molecule has 0 heterocycles. The van der Waals surface area contributed by atoms with E-state index >= 15 is 0 Å². The Morgan fingerprint density at radius 2 is 2.25 bits per heavy atom. The lowest BCUT2D eigenvalue weighted by Gasteiger charge is -1.99. The molecule has 0 aliphatic rings. The van der Waals surface area contributed by atoms with Crippen molar-refractivity contribution in [2.75, 3.05) is 0 Å². The molecule has 0 aromatic rings. The summed E-state index contributed by atoms with van der Waals surface area (Å²) in [4.78, 5) is 0. The summed E-state index contributed by atoms with van der Waals surface area (Å²) in [6, 6.07) is 0. The van der Waals surface area contributed by atoms with Gasteiger partial charge in [-0.2, -0.15) is 0 Å². The van der Waals surface area contributed by atoms with Gasteiger partial charge in [0.05, 0.1) is 0 Å². The number of hydrogen-bond donors (Lipinski definition) is 0. The molecule has 0 aliphatic carbocycles. The molecule has 1 unspecified atom stereocenters. The molecule has 0 N–H and O–H groups in total. The Hall–Kier alpha value is -0.140. The molecule has 0 aliphatic heterocycles. The maximum atomic E-state index is 12.1. The maximum absolute atomic E-state index is 12.1. The summed E-state index contributed by atoms with van der Waals surface area (Å²) in [6.45, 7) is 3.14. The topological polar surface area (TPSA) is 0 Å². The van der Waals surface area contributed by atoms with Crippen molar-refractivity contribution in [3.8, 4) is 0 Å². The van der Waals surface area contributed by atoms with Crippen molar-refractivity contribution in [1.82, 2.24) is 0 Å². The normalized spacial score (nSPS) is 13.9. The van der Waals surface area contributed by atoms with Gasteiger partial charge in [-0.25, -0.2) is 8.78 Å². The average Bonchev–Trinajstić information content (AvgIpc) is 1.68. The first kappa shape index (κ1) is 7.86. The van der Waals surface area contributed by atoms with E-state index in [0.29, 0.717) is 6.42 Å². The highest BCUT2D eigenvalue weighted by Gasteiger charge is 2.03. The summed E-state index contributed by atoms with van der Waals surface area (Å²) >= 11 is 0. The van der Waals surface area contributed by atoms with Crippen LogP contribution in [0.15, 0.2) is 0 Å². The minimum Gasteiger partial charge on any atom is -0.247 e. The van der Waals surface area contributed by atoms with E-state index in [0.717, 1.165) is 6.42 Å². The molecule has 0 nitrogen and oxygen atoms in total. The Labute approximate surface area is 48.9 Å². The minimum absolute atomic E-state index is 0.173. The van der Waals surface area contributed by atoms with Crippen LogP contribution >= 0.6 is 0 Å². The first-order valence-corrected chi connectivity index (χ1v) is 2.78. The van der Waals surface area contributed by atoms with E-state index in [4.69, 9.17) is 0 Å². The Bertz CT molecular complexity index is 39.8. The van der Waals surface area contributed by atoms with Gasteiger partial charge in [-0.3, -0.25) is 0 Å². The molecular formula is C6H10F2. The molecule has 48 valence electrons. The third kappa shape index (κ3) is 4.03. The summed E-state index contributed by atoms with van der Waals surface area (Å²) in [6.07, 6.45) is 0.0122. The summed E-state index contributed by atoms with van der Waals surface area (Å²) < 4.78 is 23.2. The predicted octanol–water partition coefficient (Wildman–Crippen LogP) is 2.52. The molecule has 8 heavy (non-hydrogen) atoms. The van der Waals surface area contributed by atoms with Crippen LogP contribution in [0.1, 0.15) is 26.2 Å². The molecular weight excluding hydrogens is 110 g/mol. The lowest BCUT2D eigenvalue weighted by Crippen LogP contribution is -1.96. The van der Waals surface area contributed by atoms with E-state index in [9.17, 15) is 8.78 Å². The van der Waals surface area contributed by atoms with Gasteiger partial charge in [0.15, 0.2) is 6.67 Å². The lowest BCUT2D eigenvalue weighted by molar-refractivity contribution is 0.291. The number of halogens is 2. The van der Waals surface area contributed by atoms with Gasteiger partial charge < -0.3 is 0 Å². The Kier molecular flexibility index (Phi) is 4.92. The number of hydrogen-bond acceptors (Lipinski definition) is 0. The second-order valence-electron chi connectivity index (χ2n) is 1.72. The highest BCUT2D eigenvalue weighted by molar-refractivity contribution is 4.59. The van der Waals surface area contributed by atoms with Crippen LogP contribution in [0.4, 0.5) is 8.78 Å². The standard InChI is InChI=1S/C6H10F2/c1-2-3-6(8)4-5-7/h6H,2-4H2,1H3. The van der Waals surface area contributed by atoms with E-state index < -0.39 is 6.17 Å². The van der Waals surface area contributed by atoms with Crippen molar-refractivity contribution >= 4 is 0 Å². The van der Waals surface area contributed by atoms with E-state index in [1.165, 1.54) is 6.67 Å². The van der Waals surface area contributed by atoms with Crippen LogP contribution in [0.3, 0.4) is 0 Å². The van der Waals surface area contributed by atoms with Gasteiger partial charge in [-0.05, 0) is 6.42 Å². The van der Waals surface area contributed by atoms with Crippen molar-refractivity contribution in [2.45, 2.75) is 32.4 Å². The molecule has 0 amide bonds. The summed E-state index contributed by atoms with van der Waals surface area (Å²) in [7, 11) is 0. The van der Waals surface area contributed by atoms with Crippen molar-refractivity contribution in [1.29, 1.82) is 0 Å². The highest BCUT2D eigenvalue weighted by atomic mass is 19.1. The zero-order valence-electron chi connectivity index (χ0n) is 4.95. The molecule has 2 heteroatoms. The zero-order chi connectivity index (χ0) is 6.41. The van der Waals surface area contributed by atoms with Crippen LogP contribution in [0, 0.1) is 6.67 Å². The van der Waals surface area contributed by atoms with Gasteiger partial charge in [-0.1, -0.05) is 13.3 Å². The molecule has 0 aromatic carbocycles. The number of alkyl halides is 1. The van der Waals surface area contributed by atoms with Crippen molar-refractivity contribution in [3.05, 3.63) is 6.67 Å². The van der Waals surface area contributed by atoms with Gasteiger partial charge >= 0.3 is 0 Å². The quantitative estimate of drug-likeness (QED) is 0.534. The molecule has 0 saturated heterocycles. The monoisotopic (exact) mass is 120 g/mol. The third-order valence-corrected chi connectivity index (χ3v) is 0.901. The van der Waals surface area contributed by atoms with Gasteiger partial charge in [-0.15, -0.1) is 0 Å². The fourth-order valence-electron chi connectivity index (χ4n) is 0.499. The largest absolute Gasteiger partial charge is 0.247 e. The van der Waals surface area contributed by atoms with Gasteiger partial charge in [0.2, 0.25) is 0 Å². The average molecular weight is 120 g/mol. The minimum atomic E-state index is -1.02. The summed E-state index contributed by atoms with van der Waals surface area (Å²) in [5.41, 5.74) is 0. The molecule has 0 fully saturated rings. The van der Waals surface area contributed by atoms with Gasteiger partial charge in [0.1, 0.15) is 6.17 Å². The SMILES string of the molecule is CCCC(F)C[C]F.